The number of hydrogen-bond donors (Lipinski definition) is 2. The van der Waals surface area contributed by atoms with E-state index in [-0.39, 0.29) is 29.7 Å². The van der Waals surface area contributed by atoms with Crippen LogP contribution in [-0.4, -0.2) is 43.2 Å². The van der Waals surface area contributed by atoms with Gasteiger partial charge in [0.25, 0.3) is 0 Å². The Kier molecular flexibility index (Phi) is 4.84. The van der Waals surface area contributed by atoms with Crippen molar-refractivity contribution < 1.29 is 18.8 Å². The molecule has 1 aromatic carbocycles. The zero-order valence-corrected chi connectivity index (χ0v) is 15.7. The molecule has 0 aliphatic rings. The van der Waals surface area contributed by atoms with Crippen LogP contribution >= 0.6 is 0 Å². The predicted octanol–water partition coefficient (Wildman–Crippen LogP) is 2.88. The fourth-order valence-electron chi connectivity index (χ4n) is 2.86. The average Bonchev–Trinajstić information content (AvgIpc) is 3.39. The molecule has 0 aliphatic heterocycles. The Morgan fingerprint density at radius 2 is 2.10 bits per heavy atom. The lowest BCUT2D eigenvalue weighted by molar-refractivity contribution is 0.203. The summed E-state index contributed by atoms with van der Waals surface area (Å²) in [4.78, 5) is 20.4. The van der Waals surface area contributed by atoms with Crippen molar-refractivity contribution in [3.63, 3.8) is 0 Å². The fraction of sp³-hybridized carbons (Fsp3) is 0.105. The highest BCUT2D eigenvalue weighted by atomic mass is 19.1. The molecule has 0 saturated heterocycles. The minimum Gasteiger partial charge on any atom is -0.465 e. The van der Waals surface area contributed by atoms with Gasteiger partial charge in [0, 0.05) is 18.7 Å². The molecule has 3 heterocycles. The Morgan fingerprint density at radius 3 is 2.77 bits per heavy atom. The summed E-state index contributed by atoms with van der Waals surface area (Å²) in [6.45, 7) is 0.143. The number of benzene rings is 1. The summed E-state index contributed by atoms with van der Waals surface area (Å²) >= 11 is 0. The molecule has 3 aromatic heterocycles. The van der Waals surface area contributed by atoms with Crippen molar-refractivity contribution in [1.82, 2.24) is 24.9 Å². The molecule has 0 bridgehead atoms. The number of halogens is 1. The van der Waals surface area contributed by atoms with Gasteiger partial charge in [0.15, 0.2) is 11.6 Å². The maximum Gasteiger partial charge on any atom is 0.411 e. The second-order valence-electron chi connectivity index (χ2n) is 6.35. The van der Waals surface area contributed by atoms with Gasteiger partial charge in [-0.05, 0) is 12.1 Å². The monoisotopic (exact) mass is 409 g/mol. The van der Waals surface area contributed by atoms with E-state index in [2.05, 4.69) is 20.2 Å². The molecule has 1 amide bonds. The van der Waals surface area contributed by atoms with Crippen LogP contribution in [0.5, 0.6) is 0 Å². The molecule has 0 aliphatic carbocycles. The lowest BCUT2D eigenvalue weighted by atomic mass is 10.2. The predicted molar refractivity (Wildman–Crippen MR) is 105 cm³/mol. The van der Waals surface area contributed by atoms with Gasteiger partial charge in [-0.2, -0.15) is 5.10 Å². The van der Waals surface area contributed by atoms with Gasteiger partial charge in [-0.25, -0.2) is 19.2 Å². The number of hydrogen-bond acceptors (Lipinski definition) is 7. The van der Waals surface area contributed by atoms with E-state index >= 15 is 0 Å². The number of nitrogens with two attached hydrogens (primary N) is 1. The minimum atomic E-state index is -1.19. The maximum atomic E-state index is 14.1. The summed E-state index contributed by atoms with van der Waals surface area (Å²) < 4.78 is 20.6. The van der Waals surface area contributed by atoms with E-state index in [4.69, 9.17) is 15.4 Å². The smallest absolute Gasteiger partial charge is 0.411 e. The van der Waals surface area contributed by atoms with Crippen molar-refractivity contribution in [3.05, 3.63) is 60.2 Å². The number of anilines is 2. The summed E-state index contributed by atoms with van der Waals surface area (Å²) in [6.07, 6.45) is 1.53. The molecule has 4 rings (SSSR count). The van der Waals surface area contributed by atoms with E-state index in [0.29, 0.717) is 22.6 Å². The summed E-state index contributed by atoms with van der Waals surface area (Å²) in [5.74, 6) is -0.189. The highest BCUT2D eigenvalue weighted by Gasteiger charge is 2.19. The van der Waals surface area contributed by atoms with Gasteiger partial charge in [0.1, 0.15) is 29.2 Å². The van der Waals surface area contributed by atoms with Crippen molar-refractivity contribution in [3.8, 4) is 22.9 Å². The third-order valence-electron chi connectivity index (χ3n) is 4.43. The van der Waals surface area contributed by atoms with Crippen molar-refractivity contribution in [2.45, 2.75) is 6.54 Å². The minimum absolute atomic E-state index is 0.0171. The zero-order chi connectivity index (χ0) is 21.3. The molecular formula is C19H16FN7O3. The quantitative estimate of drug-likeness (QED) is 0.513. The first kappa shape index (κ1) is 19.1. The Hall–Kier alpha value is -4.28. The number of aromatic nitrogens is 5. The Balaban J connectivity index is 1.76. The summed E-state index contributed by atoms with van der Waals surface area (Å²) in [7, 11) is 1.34. The van der Waals surface area contributed by atoms with Gasteiger partial charge in [0.05, 0.1) is 18.4 Å². The second-order valence-corrected chi connectivity index (χ2v) is 6.35. The lowest BCUT2D eigenvalue weighted by Crippen LogP contribution is -2.25. The molecule has 3 N–H and O–H groups in total. The molecule has 0 atom stereocenters. The number of nitrogen functional groups attached to an aromatic ring is 1. The van der Waals surface area contributed by atoms with E-state index < -0.39 is 6.09 Å². The van der Waals surface area contributed by atoms with Crippen molar-refractivity contribution in [2.75, 3.05) is 17.7 Å². The normalized spacial score (nSPS) is 10.9. The number of carboxylic acid groups (broad SMARTS) is 1. The molecule has 0 fully saturated rings. The highest BCUT2D eigenvalue weighted by molar-refractivity contribution is 5.88. The van der Waals surface area contributed by atoms with Crippen LogP contribution in [0, 0.1) is 5.82 Å². The van der Waals surface area contributed by atoms with Crippen molar-refractivity contribution >= 4 is 17.6 Å². The Bertz CT molecular complexity index is 1210. The molecular weight excluding hydrogens is 393 g/mol. The van der Waals surface area contributed by atoms with Crippen LogP contribution < -0.4 is 10.6 Å². The van der Waals surface area contributed by atoms with Crippen molar-refractivity contribution in [2.24, 2.45) is 0 Å². The van der Waals surface area contributed by atoms with Gasteiger partial charge in [0.2, 0.25) is 0 Å². The molecule has 30 heavy (non-hydrogen) atoms. The molecule has 152 valence electrons. The van der Waals surface area contributed by atoms with Crippen LogP contribution in [0.3, 0.4) is 0 Å². The van der Waals surface area contributed by atoms with E-state index in [1.165, 1.54) is 25.6 Å². The van der Waals surface area contributed by atoms with Crippen molar-refractivity contribution in [1.29, 1.82) is 0 Å². The average molecular weight is 409 g/mol. The fourth-order valence-corrected chi connectivity index (χ4v) is 2.86. The molecule has 11 heteroatoms. The lowest BCUT2D eigenvalue weighted by Gasteiger charge is -2.14. The standard InChI is InChI=1S/C19H16FN7O3/c1-26(19(28)29)16-9-22-18(23-17(16)21)14-8-15(13-6-7-30-25-13)27(24-14)10-11-4-2-3-5-12(11)20/h2-9H,10H2,1H3,(H,28,29)(H2,21,22,23). The maximum absolute atomic E-state index is 14.1. The van der Waals surface area contributed by atoms with Crippen LogP contribution in [0.4, 0.5) is 20.7 Å². The first-order valence-corrected chi connectivity index (χ1v) is 8.75. The SMILES string of the molecule is CN(C(=O)O)c1cnc(-c2cc(-c3ccon3)n(Cc3ccccc3F)n2)nc1N. The molecule has 0 radical (unpaired) electrons. The highest BCUT2D eigenvalue weighted by Crippen LogP contribution is 2.27. The number of nitrogens with zero attached hydrogens (tertiary/aromatic N) is 6. The van der Waals surface area contributed by atoms with Gasteiger partial charge in [-0.1, -0.05) is 23.4 Å². The molecule has 0 unspecified atom stereocenters. The van der Waals surface area contributed by atoms with Gasteiger partial charge >= 0.3 is 6.09 Å². The zero-order valence-electron chi connectivity index (χ0n) is 15.7. The number of amides is 1. The number of rotatable bonds is 5. The third kappa shape index (κ3) is 3.55. The molecule has 0 saturated carbocycles. The van der Waals surface area contributed by atoms with E-state index in [0.717, 1.165) is 4.90 Å². The van der Waals surface area contributed by atoms with Crippen LogP contribution in [-0.2, 0) is 6.54 Å². The molecule has 0 spiro atoms. The summed E-state index contributed by atoms with van der Waals surface area (Å²) in [5, 5.41) is 17.5. The Labute approximate surface area is 169 Å². The Morgan fingerprint density at radius 1 is 1.30 bits per heavy atom. The largest absolute Gasteiger partial charge is 0.465 e. The van der Waals surface area contributed by atoms with Crippen LogP contribution in [0.2, 0.25) is 0 Å². The van der Waals surface area contributed by atoms with Gasteiger partial charge in [-0.3, -0.25) is 9.58 Å². The van der Waals surface area contributed by atoms with Crippen LogP contribution in [0.1, 0.15) is 5.56 Å². The summed E-state index contributed by atoms with van der Waals surface area (Å²) in [6, 6.07) is 9.70. The van der Waals surface area contributed by atoms with Gasteiger partial charge in [-0.15, -0.1) is 0 Å². The first-order chi connectivity index (χ1) is 14.4. The third-order valence-corrected chi connectivity index (χ3v) is 4.43. The first-order valence-electron chi connectivity index (χ1n) is 8.75. The van der Waals surface area contributed by atoms with E-state index in [9.17, 15) is 9.18 Å². The second kappa shape index (κ2) is 7.62. The topological polar surface area (TPSA) is 136 Å². The molecule has 10 nitrogen and oxygen atoms in total. The van der Waals surface area contributed by atoms with Crippen LogP contribution in [0.15, 0.2) is 53.4 Å². The van der Waals surface area contributed by atoms with Crippen LogP contribution in [0.25, 0.3) is 22.9 Å². The number of carbonyl (C=O) groups is 1. The van der Waals surface area contributed by atoms with Gasteiger partial charge < -0.3 is 15.4 Å². The van der Waals surface area contributed by atoms with E-state index in [1.54, 1.807) is 35.0 Å². The summed E-state index contributed by atoms with van der Waals surface area (Å²) in [5.41, 5.74) is 7.93. The van der Waals surface area contributed by atoms with E-state index in [1.807, 2.05) is 0 Å². The molecule has 4 aromatic rings.